The molecule has 0 saturated heterocycles. The number of para-hydroxylation sites is 1. The standard InChI is InChI=1S/C12H10ClN3O3/c13-8-3-1-2-4-9(8)15-10(17)5-7-6-11(18)16-12(19)14-7/h1-4,6H,5H2,(H,15,17)(H2,14,16,18,19). The lowest BCUT2D eigenvalue weighted by molar-refractivity contribution is -0.115. The third kappa shape index (κ3) is 3.56. The van der Waals surface area contributed by atoms with Crippen molar-refractivity contribution in [2.75, 3.05) is 5.32 Å². The first-order valence-corrected chi connectivity index (χ1v) is 5.79. The van der Waals surface area contributed by atoms with E-state index in [-0.39, 0.29) is 18.0 Å². The van der Waals surface area contributed by atoms with Gasteiger partial charge in [0.2, 0.25) is 5.91 Å². The van der Waals surface area contributed by atoms with E-state index in [0.717, 1.165) is 6.07 Å². The summed E-state index contributed by atoms with van der Waals surface area (Å²) in [5.41, 5.74) is -0.489. The maximum atomic E-state index is 11.8. The summed E-state index contributed by atoms with van der Waals surface area (Å²) >= 11 is 5.89. The number of H-pyrrole nitrogens is 2. The minimum absolute atomic E-state index is 0.121. The van der Waals surface area contributed by atoms with E-state index in [1.165, 1.54) is 0 Å². The molecule has 1 aromatic carbocycles. The van der Waals surface area contributed by atoms with E-state index in [1.807, 2.05) is 4.98 Å². The lowest BCUT2D eigenvalue weighted by atomic mass is 10.2. The number of aromatic nitrogens is 2. The summed E-state index contributed by atoms with van der Waals surface area (Å²) in [6.07, 6.45) is -0.121. The Morgan fingerprint density at radius 2 is 1.95 bits per heavy atom. The van der Waals surface area contributed by atoms with Crippen molar-refractivity contribution in [1.82, 2.24) is 9.97 Å². The third-order valence-corrected chi connectivity index (χ3v) is 2.64. The molecular weight excluding hydrogens is 270 g/mol. The Balaban J connectivity index is 2.12. The van der Waals surface area contributed by atoms with E-state index in [1.54, 1.807) is 24.3 Å². The molecule has 0 saturated carbocycles. The summed E-state index contributed by atoms with van der Waals surface area (Å²) in [7, 11) is 0. The monoisotopic (exact) mass is 279 g/mol. The van der Waals surface area contributed by atoms with Crippen molar-refractivity contribution in [3.05, 3.63) is 61.9 Å². The number of carbonyl (C=O) groups excluding carboxylic acids is 1. The molecule has 0 unspecified atom stereocenters. The van der Waals surface area contributed by atoms with E-state index in [9.17, 15) is 14.4 Å². The molecule has 0 atom stereocenters. The van der Waals surface area contributed by atoms with Gasteiger partial charge in [-0.2, -0.15) is 0 Å². The lowest BCUT2D eigenvalue weighted by Gasteiger charge is -2.06. The van der Waals surface area contributed by atoms with Gasteiger partial charge in [-0.25, -0.2) is 4.79 Å². The van der Waals surface area contributed by atoms with Crippen molar-refractivity contribution in [2.45, 2.75) is 6.42 Å². The molecular formula is C12H10ClN3O3. The van der Waals surface area contributed by atoms with Crippen molar-refractivity contribution < 1.29 is 4.79 Å². The number of benzene rings is 1. The van der Waals surface area contributed by atoms with Crippen LogP contribution >= 0.6 is 11.6 Å². The molecule has 2 rings (SSSR count). The van der Waals surface area contributed by atoms with Gasteiger partial charge in [0, 0.05) is 11.8 Å². The van der Waals surface area contributed by atoms with Crippen molar-refractivity contribution in [3.8, 4) is 0 Å². The minimum Gasteiger partial charge on any atom is -0.324 e. The van der Waals surface area contributed by atoms with E-state index in [0.29, 0.717) is 10.7 Å². The molecule has 0 radical (unpaired) electrons. The Morgan fingerprint density at radius 3 is 2.63 bits per heavy atom. The van der Waals surface area contributed by atoms with Gasteiger partial charge < -0.3 is 10.3 Å². The number of anilines is 1. The van der Waals surface area contributed by atoms with Gasteiger partial charge in [0.05, 0.1) is 17.1 Å². The molecule has 0 bridgehead atoms. The second-order valence-corrected chi connectivity index (χ2v) is 4.22. The Labute approximate surface area is 112 Å². The Hall–Kier alpha value is -2.34. The fourth-order valence-corrected chi connectivity index (χ4v) is 1.73. The number of rotatable bonds is 3. The topological polar surface area (TPSA) is 94.8 Å². The van der Waals surface area contributed by atoms with Crippen molar-refractivity contribution in [1.29, 1.82) is 0 Å². The average molecular weight is 280 g/mol. The zero-order chi connectivity index (χ0) is 13.8. The molecule has 0 fully saturated rings. The Kier molecular flexibility index (Phi) is 3.82. The first kappa shape index (κ1) is 13.1. The van der Waals surface area contributed by atoms with Gasteiger partial charge in [-0.3, -0.25) is 14.6 Å². The molecule has 7 heteroatoms. The zero-order valence-corrected chi connectivity index (χ0v) is 10.5. The molecule has 19 heavy (non-hydrogen) atoms. The van der Waals surface area contributed by atoms with Gasteiger partial charge in [0.15, 0.2) is 0 Å². The summed E-state index contributed by atoms with van der Waals surface area (Å²) in [5.74, 6) is -0.380. The highest BCUT2D eigenvalue weighted by atomic mass is 35.5. The van der Waals surface area contributed by atoms with Crippen molar-refractivity contribution in [3.63, 3.8) is 0 Å². The first-order chi connectivity index (χ1) is 9.04. The number of halogens is 1. The van der Waals surface area contributed by atoms with Gasteiger partial charge in [-0.05, 0) is 12.1 Å². The number of hydrogen-bond donors (Lipinski definition) is 3. The maximum Gasteiger partial charge on any atom is 0.325 e. The average Bonchev–Trinajstić information content (AvgIpc) is 2.30. The van der Waals surface area contributed by atoms with Crippen LogP contribution < -0.4 is 16.6 Å². The van der Waals surface area contributed by atoms with Crippen LogP contribution in [-0.4, -0.2) is 15.9 Å². The molecule has 2 aromatic rings. The van der Waals surface area contributed by atoms with Crippen LogP contribution in [0.1, 0.15) is 5.69 Å². The molecule has 6 nitrogen and oxygen atoms in total. The van der Waals surface area contributed by atoms with Crippen molar-refractivity contribution >= 4 is 23.2 Å². The Morgan fingerprint density at radius 1 is 1.21 bits per heavy atom. The molecule has 1 aromatic heterocycles. The van der Waals surface area contributed by atoms with Crippen LogP contribution in [-0.2, 0) is 11.2 Å². The summed E-state index contributed by atoms with van der Waals surface area (Å²) in [4.78, 5) is 38.3. The summed E-state index contributed by atoms with van der Waals surface area (Å²) in [5, 5.41) is 3.00. The second-order valence-electron chi connectivity index (χ2n) is 3.82. The van der Waals surface area contributed by atoms with Crippen LogP contribution in [0.3, 0.4) is 0 Å². The normalized spacial score (nSPS) is 10.2. The second kappa shape index (κ2) is 5.53. The SMILES string of the molecule is O=C(Cc1cc(=O)[nH]c(=O)[nH]1)Nc1ccccc1Cl. The van der Waals surface area contributed by atoms with Gasteiger partial charge in [-0.1, -0.05) is 23.7 Å². The van der Waals surface area contributed by atoms with Crippen LogP contribution in [0.15, 0.2) is 39.9 Å². The molecule has 0 aliphatic rings. The van der Waals surface area contributed by atoms with Gasteiger partial charge in [0.1, 0.15) is 0 Å². The fraction of sp³-hybridized carbons (Fsp3) is 0.0833. The molecule has 98 valence electrons. The number of hydrogen-bond acceptors (Lipinski definition) is 3. The van der Waals surface area contributed by atoms with Gasteiger partial charge >= 0.3 is 5.69 Å². The quantitative estimate of drug-likeness (QED) is 0.779. The highest BCUT2D eigenvalue weighted by Crippen LogP contribution is 2.20. The summed E-state index contributed by atoms with van der Waals surface area (Å²) in [6, 6.07) is 7.93. The number of amides is 1. The molecule has 1 heterocycles. The zero-order valence-electron chi connectivity index (χ0n) is 9.70. The largest absolute Gasteiger partial charge is 0.325 e. The molecule has 0 spiro atoms. The van der Waals surface area contributed by atoms with E-state index < -0.39 is 11.2 Å². The summed E-state index contributed by atoms with van der Waals surface area (Å²) in [6.45, 7) is 0. The smallest absolute Gasteiger partial charge is 0.324 e. The first-order valence-electron chi connectivity index (χ1n) is 5.41. The molecule has 1 amide bonds. The number of carbonyl (C=O) groups is 1. The Bertz CT molecular complexity index is 692. The molecule has 0 aliphatic heterocycles. The van der Waals surface area contributed by atoms with Crippen LogP contribution in [0.4, 0.5) is 5.69 Å². The van der Waals surface area contributed by atoms with Gasteiger partial charge in [0.25, 0.3) is 5.56 Å². The third-order valence-electron chi connectivity index (χ3n) is 2.32. The fourth-order valence-electron chi connectivity index (χ4n) is 1.54. The van der Waals surface area contributed by atoms with E-state index in [4.69, 9.17) is 11.6 Å². The van der Waals surface area contributed by atoms with E-state index in [2.05, 4.69) is 10.3 Å². The van der Waals surface area contributed by atoms with Crippen LogP contribution in [0, 0.1) is 0 Å². The van der Waals surface area contributed by atoms with Gasteiger partial charge in [-0.15, -0.1) is 0 Å². The predicted molar refractivity (Wildman–Crippen MR) is 71.5 cm³/mol. The lowest BCUT2D eigenvalue weighted by Crippen LogP contribution is -2.25. The summed E-state index contributed by atoms with van der Waals surface area (Å²) < 4.78 is 0. The highest BCUT2D eigenvalue weighted by molar-refractivity contribution is 6.33. The predicted octanol–water partition coefficient (Wildman–Crippen LogP) is 0.898. The molecule has 0 aliphatic carbocycles. The molecule has 3 N–H and O–H groups in total. The van der Waals surface area contributed by atoms with Crippen LogP contribution in [0.25, 0.3) is 0 Å². The van der Waals surface area contributed by atoms with E-state index >= 15 is 0 Å². The van der Waals surface area contributed by atoms with Crippen LogP contribution in [0.5, 0.6) is 0 Å². The van der Waals surface area contributed by atoms with Crippen molar-refractivity contribution in [2.24, 2.45) is 0 Å². The van der Waals surface area contributed by atoms with Crippen LogP contribution in [0.2, 0.25) is 5.02 Å². The minimum atomic E-state index is -0.645. The maximum absolute atomic E-state index is 11.8. The number of nitrogens with one attached hydrogen (secondary N) is 3. The highest BCUT2D eigenvalue weighted by Gasteiger charge is 2.07. The number of aromatic amines is 2.